The highest BCUT2D eigenvalue weighted by Crippen LogP contribution is 2.28. The Morgan fingerprint density at radius 3 is 2.18 bits per heavy atom. The van der Waals surface area contributed by atoms with E-state index < -0.39 is 28.5 Å². The Morgan fingerprint density at radius 2 is 1.67 bits per heavy atom. The Labute approximate surface area is 242 Å². The van der Waals surface area contributed by atoms with E-state index in [2.05, 4.69) is 26.1 Å². The number of rotatable bonds is 10. The number of hydrogen-bond acceptors (Lipinski definition) is 4. The van der Waals surface area contributed by atoms with Crippen molar-refractivity contribution in [3.05, 3.63) is 63.6 Å². The molecule has 2 aromatic rings. The molecule has 0 radical (unpaired) electrons. The molecular formula is C29H39Cl2N3O4S. The Morgan fingerprint density at radius 1 is 1.05 bits per heavy atom. The normalized spacial score (nSPS) is 15.2. The van der Waals surface area contributed by atoms with Crippen molar-refractivity contribution in [2.24, 2.45) is 0 Å². The van der Waals surface area contributed by atoms with Gasteiger partial charge in [-0.15, -0.1) is 0 Å². The number of benzene rings is 2. The third-order valence-electron chi connectivity index (χ3n) is 7.14. The molecule has 10 heteroatoms. The molecule has 1 N–H and O–H groups in total. The first-order valence-corrected chi connectivity index (χ1v) is 15.9. The highest BCUT2D eigenvalue weighted by molar-refractivity contribution is 7.92. The van der Waals surface area contributed by atoms with E-state index in [4.69, 9.17) is 23.2 Å². The van der Waals surface area contributed by atoms with Crippen LogP contribution in [-0.4, -0.2) is 50.0 Å². The fourth-order valence-corrected chi connectivity index (χ4v) is 6.18. The number of amides is 2. The number of nitrogens with zero attached hydrogens (tertiary/aromatic N) is 2. The van der Waals surface area contributed by atoms with E-state index >= 15 is 0 Å². The predicted octanol–water partition coefficient (Wildman–Crippen LogP) is 5.92. The van der Waals surface area contributed by atoms with Gasteiger partial charge in [-0.2, -0.15) is 0 Å². The van der Waals surface area contributed by atoms with Gasteiger partial charge in [0.1, 0.15) is 12.6 Å². The number of nitrogens with one attached hydrogen (secondary N) is 1. The van der Waals surface area contributed by atoms with Crippen LogP contribution in [0.2, 0.25) is 10.0 Å². The fourth-order valence-electron chi connectivity index (χ4n) is 4.86. The van der Waals surface area contributed by atoms with Gasteiger partial charge in [-0.05, 0) is 60.1 Å². The van der Waals surface area contributed by atoms with Crippen molar-refractivity contribution in [1.29, 1.82) is 0 Å². The maximum atomic E-state index is 13.9. The minimum atomic E-state index is -3.81. The van der Waals surface area contributed by atoms with Crippen LogP contribution in [0.15, 0.2) is 42.5 Å². The van der Waals surface area contributed by atoms with Crippen molar-refractivity contribution in [3.8, 4) is 0 Å². The Kier molecular flexibility index (Phi) is 10.3. The summed E-state index contributed by atoms with van der Waals surface area (Å²) < 4.78 is 26.8. The van der Waals surface area contributed by atoms with Crippen LogP contribution < -0.4 is 9.62 Å². The number of hydrogen-bond donors (Lipinski definition) is 1. The van der Waals surface area contributed by atoms with Crippen LogP contribution in [0.3, 0.4) is 0 Å². The van der Waals surface area contributed by atoms with Crippen LogP contribution in [0.4, 0.5) is 5.69 Å². The first-order valence-electron chi connectivity index (χ1n) is 13.3. The summed E-state index contributed by atoms with van der Waals surface area (Å²) in [6, 6.07) is 11.4. The second kappa shape index (κ2) is 12.9. The van der Waals surface area contributed by atoms with E-state index in [0.29, 0.717) is 27.7 Å². The molecule has 1 fully saturated rings. The van der Waals surface area contributed by atoms with Crippen molar-refractivity contribution in [2.75, 3.05) is 17.1 Å². The first kappa shape index (κ1) is 31.2. The quantitative estimate of drug-likeness (QED) is 0.369. The summed E-state index contributed by atoms with van der Waals surface area (Å²) in [6.07, 6.45) is 5.36. The van der Waals surface area contributed by atoms with Crippen LogP contribution in [0.5, 0.6) is 0 Å². The summed E-state index contributed by atoms with van der Waals surface area (Å²) in [7, 11) is -3.81. The van der Waals surface area contributed by atoms with Gasteiger partial charge in [0.25, 0.3) is 0 Å². The molecule has 1 unspecified atom stereocenters. The maximum Gasteiger partial charge on any atom is 0.244 e. The summed E-state index contributed by atoms with van der Waals surface area (Å²) in [6.45, 7) is 7.63. The van der Waals surface area contributed by atoms with Crippen LogP contribution >= 0.6 is 23.2 Å². The lowest BCUT2D eigenvalue weighted by Crippen LogP contribution is -2.53. The van der Waals surface area contributed by atoms with E-state index in [1.807, 2.05) is 19.1 Å². The van der Waals surface area contributed by atoms with E-state index in [-0.39, 0.29) is 23.9 Å². The van der Waals surface area contributed by atoms with E-state index in [0.717, 1.165) is 41.8 Å². The van der Waals surface area contributed by atoms with Gasteiger partial charge in [-0.1, -0.05) is 81.9 Å². The van der Waals surface area contributed by atoms with Crippen molar-refractivity contribution in [2.45, 2.75) is 83.8 Å². The molecule has 0 saturated heterocycles. The minimum Gasteiger partial charge on any atom is -0.352 e. The topological polar surface area (TPSA) is 86.8 Å². The number of anilines is 1. The molecule has 1 aliphatic carbocycles. The molecule has 1 aliphatic rings. The molecule has 1 saturated carbocycles. The molecule has 214 valence electrons. The maximum absolute atomic E-state index is 13.9. The SMILES string of the molecule is CCC(C(=O)NC1CCCC1)N(Cc1ccc(Cl)cc1Cl)C(=O)CN(c1ccc(C(C)(C)C)cc1)S(C)(=O)=O. The molecule has 1 atom stereocenters. The molecule has 0 bridgehead atoms. The average molecular weight is 597 g/mol. The van der Waals surface area contributed by atoms with Crippen molar-refractivity contribution in [1.82, 2.24) is 10.2 Å². The van der Waals surface area contributed by atoms with E-state index in [1.165, 1.54) is 4.90 Å². The molecule has 2 amide bonds. The zero-order valence-electron chi connectivity index (χ0n) is 23.3. The highest BCUT2D eigenvalue weighted by Gasteiger charge is 2.33. The second-order valence-electron chi connectivity index (χ2n) is 11.2. The van der Waals surface area contributed by atoms with Crippen molar-refractivity contribution >= 4 is 50.7 Å². The second-order valence-corrected chi connectivity index (χ2v) is 14.0. The van der Waals surface area contributed by atoms with Crippen LogP contribution in [0.25, 0.3) is 0 Å². The number of carbonyl (C=O) groups is 2. The van der Waals surface area contributed by atoms with Crippen molar-refractivity contribution in [3.63, 3.8) is 0 Å². The first-order chi connectivity index (χ1) is 18.2. The summed E-state index contributed by atoms with van der Waals surface area (Å²) in [5, 5.41) is 3.91. The molecule has 0 spiro atoms. The molecule has 3 rings (SSSR count). The summed E-state index contributed by atoms with van der Waals surface area (Å²) in [5.74, 6) is -0.747. The van der Waals surface area contributed by atoms with Gasteiger partial charge in [0.2, 0.25) is 21.8 Å². The fraction of sp³-hybridized carbons (Fsp3) is 0.517. The standard InChI is InChI=1S/C29H39Cl2N3O4S/c1-6-26(28(36)32-23-9-7-8-10-23)33(18-20-11-14-22(30)17-25(20)31)27(35)19-34(39(5,37)38)24-15-12-21(13-16-24)29(2,3)4/h11-17,23,26H,6-10,18-19H2,1-5H3,(H,32,36). The Bertz CT molecular complexity index is 1270. The van der Waals surface area contributed by atoms with Gasteiger partial charge in [0.15, 0.2) is 0 Å². The van der Waals surface area contributed by atoms with Gasteiger partial charge < -0.3 is 10.2 Å². The molecule has 7 nitrogen and oxygen atoms in total. The molecule has 0 aliphatic heterocycles. The molecule has 0 heterocycles. The molecule has 2 aromatic carbocycles. The summed E-state index contributed by atoms with van der Waals surface area (Å²) in [5.41, 5.74) is 1.92. The van der Waals surface area contributed by atoms with E-state index in [9.17, 15) is 18.0 Å². The summed E-state index contributed by atoms with van der Waals surface area (Å²) >= 11 is 12.5. The van der Waals surface area contributed by atoms with Crippen LogP contribution in [0, 0.1) is 0 Å². The number of halogens is 2. The smallest absolute Gasteiger partial charge is 0.244 e. The molecule has 39 heavy (non-hydrogen) atoms. The van der Waals surface area contributed by atoms with E-state index in [1.54, 1.807) is 30.3 Å². The average Bonchev–Trinajstić information content (AvgIpc) is 3.35. The third kappa shape index (κ3) is 8.35. The van der Waals surface area contributed by atoms with Crippen LogP contribution in [-0.2, 0) is 31.6 Å². The Balaban J connectivity index is 1.95. The van der Waals surface area contributed by atoms with Gasteiger partial charge in [-0.25, -0.2) is 8.42 Å². The zero-order chi connectivity index (χ0) is 29.0. The monoisotopic (exact) mass is 595 g/mol. The summed E-state index contributed by atoms with van der Waals surface area (Å²) in [4.78, 5) is 28.7. The molecular weight excluding hydrogens is 557 g/mol. The predicted molar refractivity (Wildman–Crippen MR) is 159 cm³/mol. The highest BCUT2D eigenvalue weighted by atomic mass is 35.5. The third-order valence-corrected chi connectivity index (χ3v) is 8.87. The molecule has 0 aromatic heterocycles. The van der Waals surface area contributed by atoms with Crippen molar-refractivity contribution < 1.29 is 18.0 Å². The Hall–Kier alpha value is -2.29. The van der Waals surface area contributed by atoms with Gasteiger partial charge in [0, 0.05) is 22.6 Å². The largest absolute Gasteiger partial charge is 0.352 e. The lowest BCUT2D eigenvalue weighted by molar-refractivity contribution is -0.140. The zero-order valence-corrected chi connectivity index (χ0v) is 25.7. The van der Waals surface area contributed by atoms with Gasteiger partial charge in [0.05, 0.1) is 11.9 Å². The number of sulfonamides is 1. The number of carbonyl (C=O) groups excluding carboxylic acids is 2. The lowest BCUT2D eigenvalue weighted by Gasteiger charge is -2.33. The van der Waals surface area contributed by atoms with Gasteiger partial charge in [-0.3, -0.25) is 13.9 Å². The lowest BCUT2D eigenvalue weighted by atomic mass is 9.87. The van der Waals surface area contributed by atoms with Crippen LogP contribution in [0.1, 0.15) is 70.9 Å². The van der Waals surface area contributed by atoms with Gasteiger partial charge >= 0.3 is 0 Å². The minimum absolute atomic E-state index is 0.0337.